The molecule has 0 saturated heterocycles. The second kappa shape index (κ2) is 8.28. The molecule has 0 unspecified atom stereocenters. The number of nitrogens with zero attached hydrogens (tertiary/aromatic N) is 1. The number of hydrogen-bond acceptors (Lipinski definition) is 3. The van der Waals surface area contributed by atoms with Gasteiger partial charge < -0.3 is 10.1 Å². The normalized spacial score (nSPS) is 11.8. The quantitative estimate of drug-likeness (QED) is 0.480. The highest BCUT2D eigenvalue weighted by Gasteiger charge is 2.28. The van der Waals surface area contributed by atoms with Gasteiger partial charge >= 0.3 is 6.09 Å². The second-order valence-electron chi connectivity index (χ2n) is 6.32. The van der Waals surface area contributed by atoms with Gasteiger partial charge in [-0.05, 0) is 50.3 Å². The Morgan fingerprint density at radius 3 is 2.39 bits per heavy atom. The molecule has 138 valence electrons. The smallest absolute Gasteiger partial charge is 0.407 e. The van der Waals surface area contributed by atoms with Gasteiger partial charge in [0.05, 0.1) is 12.1 Å². The number of pyridine rings is 1. The Morgan fingerprint density at radius 1 is 1.04 bits per heavy atom. The summed E-state index contributed by atoms with van der Waals surface area (Å²) in [4.78, 5) is 16.2. The molecule has 4 rings (SSSR count). The van der Waals surface area contributed by atoms with E-state index in [1.807, 2.05) is 36.4 Å². The predicted molar refractivity (Wildman–Crippen MR) is 112 cm³/mol. The molecule has 1 aliphatic rings. The predicted octanol–water partition coefficient (Wildman–Crippen LogP) is 4.73. The van der Waals surface area contributed by atoms with Crippen molar-refractivity contribution in [2.45, 2.75) is 5.92 Å². The van der Waals surface area contributed by atoms with Crippen LogP contribution in [0.3, 0.4) is 0 Å². The minimum absolute atomic E-state index is 0.0515. The molecule has 4 nitrogen and oxygen atoms in total. The maximum absolute atomic E-state index is 12.1. The zero-order valence-electron chi connectivity index (χ0n) is 15.0. The first kappa shape index (κ1) is 18.3. The van der Waals surface area contributed by atoms with E-state index in [1.54, 1.807) is 6.20 Å². The maximum atomic E-state index is 12.1. The van der Waals surface area contributed by atoms with Gasteiger partial charge in [-0.2, -0.15) is 0 Å². The summed E-state index contributed by atoms with van der Waals surface area (Å²) in [5.41, 5.74) is 5.58. The van der Waals surface area contributed by atoms with Crippen molar-refractivity contribution in [3.8, 4) is 23.0 Å². The molecule has 1 N–H and O–H groups in total. The maximum Gasteiger partial charge on any atom is 0.407 e. The molecule has 0 radical (unpaired) electrons. The molecule has 0 spiro atoms. The van der Waals surface area contributed by atoms with Gasteiger partial charge in [0.2, 0.25) is 0 Å². The minimum Gasteiger partial charge on any atom is -0.449 e. The van der Waals surface area contributed by atoms with Crippen molar-refractivity contribution < 1.29 is 9.53 Å². The van der Waals surface area contributed by atoms with Crippen LogP contribution in [-0.2, 0) is 4.74 Å². The third-order valence-corrected chi connectivity index (χ3v) is 5.28. The van der Waals surface area contributed by atoms with Crippen LogP contribution in [0.4, 0.5) is 4.79 Å². The van der Waals surface area contributed by atoms with E-state index in [4.69, 9.17) is 4.74 Å². The molecular formula is C23H17BrN2O2. The van der Waals surface area contributed by atoms with Crippen LogP contribution < -0.4 is 5.32 Å². The van der Waals surface area contributed by atoms with Crippen molar-refractivity contribution in [2.24, 2.45) is 0 Å². The summed E-state index contributed by atoms with van der Waals surface area (Å²) < 4.78 is 6.16. The highest BCUT2D eigenvalue weighted by atomic mass is 79.9. The van der Waals surface area contributed by atoms with Crippen LogP contribution in [0.15, 0.2) is 71.5 Å². The summed E-state index contributed by atoms with van der Waals surface area (Å²) in [6.45, 7) is 0.499. The summed E-state index contributed by atoms with van der Waals surface area (Å²) in [6, 6.07) is 20.2. The first-order chi connectivity index (χ1) is 13.7. The number of alkyl carbamates (subject to hydrolysis) is 1. The van der Waals surface area contributed by atoms with E-state index in [-0.39, 0.29) is 12.5 Å². The molecule has 1 amide bonds. The van der Waals surface area contributed by atoms with Gasteiger partial charge in [0, 0.05) is 12.1 Å². The Labute approximate surface area is 172 Å². The monoisotopic (exact) mass is 432 g/mol. The van der Waals surface area contributed by atoms with Gasteiger partial charge in [0.1, 0.15) is 11.2 Å². The van der Waals surface area contributed by atoms with Crippen molar-refractivity contribution in [2.75, 3.05) is 13.2 Å². The van der Waals surface area contributed by atoms with Crippen molar-refractivity contribution >= 4 is 22.0 Å². The van der Waals surface area contributed by atoms with E-state index in [2.05, 4.69) is 62.3 Å². The molecule has 0 atom stereocenters. The Kier molecular flexibility index (Phi) is 5.41. The molecule has 28 heavy (non-hydrogen) atoms. The molecule has 1 aliphatic carbocycles. The molecule has 0 aliphatic heterocycles. The summed E-state index contributed by atoms with van der Waals surface area (Å²) >= 11 is 3.34. The molecule has 1 heterocycles. The lowest BCUT2D eigenvalue weighted by molar-refractivity contribution is 0.144. The van der Waals surface area contributed by atoms with Gasteiger partial charge in [-0.3, -0.25) is 0 Å². The van der Waals surface area contributed by atoms with Crippen LogP contribution in [0.25, 0.3) is 11.1 Å². The van der Waals surface area contributed by atoms with E-state index < -0.39 is 6.09 Å². The summed E-state index contributed by atoms with van der Waals surface area (Å²) in [5, 5.41) is 2.67. The standard InChI is InChI=1S/C23H17BrN2O2/c24-22-16(7-5-13-25-22)8-6-14-26-23(27)28-15-21-19-11-3-1-9-17(19)18-10-2-4-12-20(18)21/h1-5,7,9-13,21H,14-15H2,(H,26,27). The van der Waals surface area contributed by atoms with Gasteiger partial charge in [0.25, 0.3) is 0 Å². The Hall–Kier alpha value is -3.10. The summed E-state index contributed by atoms with van der Waals surface area (Å²) in [7, 11) is 0. The average Bonchev–Trinajstić information content (AvgIpc) is 3.05. The number of aromatic nitrogens is 1. The van der Waals surface area contributed by atoms with Crippen LogP contribution in [-0.4, -0.2) is 24.2 Å². The van der Waals surface area contributed by atoms with E-state index in [0.717, 1.165) is 5.56 Å². The van der Waals surface area contributed by atoms with E-state index in [0.29, 0.717) is 11.2 Å². The van der Waals surface area contributed by atoms with Crippen LogP contribution in [0.1, 0.15) is 22.6 Å². The lowest BCUT2D eigenvalue weighted by Gasteiger charge is -2.14. The number of nitrogens with one attached hydrogen (secondary N) is 1. The number of carbonyl (C=O) groups is 1. The van der Waals surface area contributed by atoms with Crippen molar-refractivity contribution in [1.29, 1.82) is 0 Å². The highest BCUT2D eigenvalue weighted by Crippen LogP contribution is 2.44. The highest BCUT2D eigenvalue weighted by molar-refractivity contribution is 9.10. The van der Waals surface area contributed by atoms with Crippen molar-refractivity contribution in [3.05, 3.63) is 88.2 Å². The number of amides is 1. The minimum atomic E-state index is -0.471. The largest absolute Gasteiger partial charge is 0.449 e. The first-order valence-corrected chi connectivity index (χ1v) is 9.71. The number of ether oxygens (including phenoxy) is 1. The third-order valence-electron chi connectivity index (χ3n) is 4.65. The van der Waals surface area contributed by atoms with Gasteiger partial charge in [-0.25, -0.2) is 9.78 Å². The van der Waals surface area contributed by atoms with Crippen LogP contribution in [0.2, 0.25) is 0 Å². The molecule has 0 fully saturated rings. The Bertz CT molecular complexity index is 1040. The zero-order chi connectivity index (χ0) is 19.3. The third kappa shape index (κ3) is 3.78. The summed E-state index contributed by atoms with van der Waals surface area (Å²) in [5.74, 6) is 5.91. The van der Waals surface area contributed by atoms with Gasteiger partial charge in [-0.15, -0.1) is 0 Å². The van der Waals surface area contributed by atoms with E-state index >= 15 is 0 Å². The van der Waals surface area contributed by atoms with Crippen LogP contribution >= 0.6 is 15.9 Å². The molecule has 5 heteroatoms. The molecule has 3 aromatic rings. The molecule has 0 saturated carbocycles. The first-order valence-electron chi connectivity index (χ1n) is 8.92. The topological polar surface area (TPSA) is 51.2 Å². The SMILES string of the molecule is O=C(NCC#Cc1cccnc1Br)OCC1c2ccccc2-c2ccccc21. The van der Waals surface area contributed by atoms with E-state index in [9.17, 15) is 4.79 Å². The molecular weight excluding hydrogens is 416 g/mol. The second-order valence-corrected chi connectivity index (χ2v) is 7.07. The van der Waals surface area contributed by atoms with Crippen molar-refractivity contribution in [3.63, 3.8) is 0 Å². The summed E-state index contributed by atoms with van der Waals surface area (Å²) in [6.07, 6.45) is 1.21. The number of halogens is 1. The fraction of sp³-hybridized carbons (Fsp3) is 0.130. The lowest BCUT2D eigenvalue weighted by atomic mass is 9.98. The zero-order valence-corrected chi connectivity index (χ0v) is 16.6. The number of hydrogen-bond donors (Lipinski definition) is 1. The fourth-order valence-electron chi connectivity index (χ4n) is 3.38. The Morgan fingerprint density at radius 2 is 1.71 bits per heavy atom. The Balaban J connectivity index is 1.36. The molecule has 0 bridgehead atoms. The van der Waals surface area contributed by atoms with Gasteiger partial charge in [-0.1, -0.05) is 60.4 Å². The number of fused-ring (bicyclic) bond motifs is 3. The van der Waals surface area contributed by atoms with Crippen molar-refractivity contribution in [1.82, 2.24) is 10.3 Å². The fourth-order valence-corrected chi connectivity index (χ4v) is 3.73. The number of benzene rings is 2. The van der Waals surface area contributed by atoms with E-state index in [1.165, 1.54) is 22.3 Å². The average molecular weight is 433 g/mol. The van der Waals surface area contributed by atoms with Crippen LogP contribution in [0, 0.1) is 11.8 Å². The number of carbonyl (C=O) groups excluding carboxylic acids is 1. The van der Waals surface area contributed by atoms with Gasteiger partial charge in [0.15, 0.2) is 0 Å². The molecule has 1 aromatic heterocycles. The number of rotatable bonds is 3. The lowest BCUT2D eigenvalue weighted by Crippen LogP contribution is -2.26. The molecule has 2 aromatic carbocycles. The van der Waals surface area contributed by atoms with Crippen LogP contribution in [0.5, 0.6) is 0 Å².